The molecule has 0 aliphatic carbocycles. The zero-order chi connectivity index (χ0) is 17.6. The van der Waals surface area contributed by atoms with E-state index in [0.29, 0.717) is 0 Å². The van der Waals surface area contributed by atoms with Gasteiger partial charge in [-0.2, -0.15) is 0 Å². The molecule has 2 aromatic carbocycles. The van der Waals surface area contributed by atoms with Crippen LogP contribution in [-0.2, 0) is 5.41 Å². The van der Waals surface area contributed by atoms with Gasteiger partial charge in [-0.3, -0.25) is 0 Å². The molecule has 2 aromatic rings. The van der Waals surface area contributed by atoms with Crippen molar-refractivity contribution in [1.82, 2.24) is 0 Å². The van der Waals surface area contributed by atoms with Crippen LogP contribution in [0.15, 0.2) is 60.7 Å². The van der Waals surface area contributed by atoms with E-state index in [9.17, 15) is 0 Å². The fraction of sp³-hybridized carbons (Fsp3) is 0.500. The third kappa shape index (κ3) is 6.51. The summed E-state index contributed by atoms with van der Waals surface area (Å²) in [5.41, 5.74) is 3.11. The Hall–Kier alpha value is -1.56. The van der Waals surface area contributed by atoms with Gasteiger partial charge in [-0.1, -0.05) is 122 Å². The summed E-state index contributed by atoms with van der Waals surface area (Å²) in [5, 5.41) is 0. The van der Waals surface area contributed by atoms with Crippen molar-refractivity contribution in [3.8, 4) is 0 Å². The molecule has 0 saturated carbocycles. The predicted molar refractivity (Wildman–Crippen MR) is 113 cm³/mol. The van der Waals surface area contributed by atoms with Crippen molar-refractivity contribution >= 4 is 0 Å². The molecule has 24 heavy (non-hydrogen) atoms. The van der Waals surface area contributed by atoms with Gasteiger partial charge in [-0.05, 0) is 24.0 Å². The topological polar surface area (TPSA) is 0 Å². The van der Waals surface area contributed by atoms with Gasteiger partial charge in [0.05, 0.1) is 0 Å². The smallest absolute Gasteiger partial charge is 0.0202 e. The van der Waals surface area contributed by atoms with Crippen LogP contribution in [0.5, 0.6) is 0 Å². The second-order valence-electron chi connectivity index (χ2n) is 5.31. The van der Waals surface area contributed by atoms with Crippen LogP contribution in [0.4, 0.5) is 0 Å². The average Bonchev–Trinajstić information content (AvgIpc) is 2.66. The maximum absolute atomic E-state index is 2.29. The van der Waals surface area contributed by atoms with Crippen molar-refractivity contribution in [1.29, 1.82) is 0 Å². The molecular formula is C24H40. The third-order valence-electron chi connectivity index (χ3n) is 4.01. The molecule has 0 bridgehead atoms. The first kappa shape index (κ1) is 24.7. The molecule has 0 heteroatoms. The van der Waals surface area contributed by atoms with E-state index in [0.717, 1.165) is 0 Å². The van der Waals surface area contributed by atoms with Crippen LogP contribution >= 0.6 is 0 Å². The van der Waals surface area contributed by atoms with Crippen molar-refractivity contribution < 1.29 is 0 Å². The molecule has 0 nitrogen and oxygen atoms in total. The van der Waals surface area contributed by atoms with Crippen molar-refractivity contribution in [3.63, 3.8) is 0 Å². The number of benzene rings is 2. The monoisotopic (exact) mass is 328 g/mol. The molecule has 0 heterocycles. The minimum atomic E-state index is 0. The van der Waals surface area contributed by atoms with Crippen molar-refractivity contribution in [2.24, 2.45) is 0 Å². The molecule has 0 unspecified atom stereocenters. The van der Waals surface area contributed by atoms with Gasteiger partial charge in [-0.15, -0.1) is 0 Å². The maximum Gasteiger partial charge on any atom is 0.0202 e. The lowest BCUT2D eigenvalue weighted by molar-refractivity contribution is 0.426. The Bertz CT molecular complexity index is 422. The fourth-order valence-corrected chi connectivity index (χ4v) is 3.24. The molecule has 0 fully saturated rings. The van der Waals surface area contributed by atoms with Gasteiger partial charge in [0.25, 0.3) is 0 Å². The number of hydrogen-bond acceptors (Lipinski definition) is 0. The Labute approximate surface area is 152 Å². The molecule has 0 spiro atoms. The van der Waals surface area contributed by atoms with Gasteiger partial charge in [-0.25, -0.2) is 0 Å². The van der Waals surface area contributed by atoms with E-state index in [1.165, 1.54) is 36.8 Å². The second-order valence-corrected chi connectivity index (χ2v) is 5.31. The molecule has 2 rings (SSSR count). The van der Waals surface area contributed by atoms with Gasteiger partial charge in [0.1, 0.15) is 0 Å². The first-order valence-electron chi connectivity index (χ1n) is 9.44. The molecule has 0 radical (unpaired) electrons. The Balaban J connectivity index is 0. The molecule has 0 saturated heterocycles. The lowest BCUT2D eigenvalue weighted by Gasteiger charge is -2.35. The van der Waals surface area contributed by atoms with E-state index in [-0.39, 0.29) is 12.8 Å². The highest BCUT2D eigenvalue weighted by molar-refractivity contribution is 5.39. The van der Waals surface area contributed by atoms with Crippen LogP contribution in [0.25, 0.3) is 0 Å². The van der Waals surface area contributed by atoms with E-state index in [2.05, 4.69) is 74.5 Å². The van der Waals surface area contributed by atoms with Crippen LogP contribution in [0.2, 0.25) is 0 Å². The summed E-state index contributed by atoms with van der Waals surface area (Å²) in [5.74, 6) is 0. The summed E-state index contributed by atoms with van der Waals surface area (Å²) in [4.78, 5) is 0. The molecule has 0 aromatic heterocycles. The van der Waals surface area contributed by atoms with E-state index in [4.69, 9.17) is 0 Å². The molecule has 0 aliphatic rings. The zero-order valence-corrected chi connectivity index (χ0v) is 16.1. The Kier molecular flexibility index (Phi) is 15.4. The van der Waals surface area contributed by atoms with Gasteiger partial charge in [0.2, 0.25) is 0 Å². The van der Waals surface area contributed by atoms with Gasteiger partial charge in [0.15, 0.2) is 0 Å². The molecule has 0 amide bonds. The normalized spacial score (nSPS) is 9.58. The summed E-state index contributed by atoms with van der Waals surface area (Å²) in [6.07, 6.45) is 4.86. The molecule has 136 valence electrons. The highest BCUT2D eigenvalue weighted by Gasteiger charge is 2.31. The van der Waals surface area contributed by atoms with E-state index >= 15 is 0 Å². The fourth-order valence-electron chi connectivity index (χ4n) is 3.24. The third-order valence-corrected chi connectivity index (χ3v) is 4.01. The Morgan fingerprint density at radius 3 is 1.12 bits per heavy atom. The van der Waals surface area contributed by atoms with Crippen LogP contribution in [0, 0.1) is 0 Å². The van der Waals surface area contributed by atoms with Crippen LogP contribution in [-0.4, -0.2) is 0 Å². The van der Waals surface area contributed by atoms with Crippen LogP contribution in [0.3, 0.4) is 0 Å². The maximum atomic E-state index is 2.29. The van der Waals surface area contributed by atoms with E-state index in [1.54, 1.807) is 0 Å². The minimum absolute atomic E-state index is 0. The summed E-state index contributed by atoms with van der Waals surface area (Å²) >= 11 is 0. The summed E-state index contributed by atoms with van der Waals surface area (Å²) in [7, 11) is 0. The molecule has 0 N–H and O–H groups in total. The Morgan fingerprint density at radius 1 is 0.583 bits per heavy atom. The van der Waals surface area contributed by atoms with Crippen molar-refractivity contribution in [2.45, 2.75) is 80.1 Å². The first-order valence-corrected chi connectivity index (χ1v) is 9.44. The summed E-state index contributed by atoms with van der Waals surface area (Å²) in [6.45, 7) is 12.6. The predicted octanol–water partition coefficient (Wildman–Crippen LogP) is 8.26. The lowest BCUT2D eigenvalue weighted by Crippen LogP contribution is -2.27. The second kappa shape index (κ2) is 15.0. The zero-order valence-electron chi connectivity index (χ0n) is 16.1. The molecule has 0 atom stereocenters. The SMILES string of the molecule is C.CC.CC.CCCC(CCC)(c1ccccc1)c1ccccc1. The van der Waals surface area contributed by atoms with Crippen molar-refractivity contribution in [3.05, 3.63) is 71.8 Å². The highest BCUT2D eigenvalue weighted by Crippen LogP contribution is 2.40. The van der Waals surface area contributed by atoms with Crippen molar-refractivity contribution in [2.75, 3.05) is 0 Å². The summed E-state index contributed by atoms with van der Waals surface area (Å²) < 4.78 is 0. The first-order chi connectivity index (χ1) is 11.3. The number of rotatable bonds is 6. The molecular weight excluding hydrogens is 288 g/mol. The largest absolute Gasteiger partial charge is 0.0776 e. The van der Waals surface area contributed by atoms with Gasteiger partial charge < -0.3 is 0 Å². The lowest BCUT2D eigenvalue weighted by atomic mass is 9.68. The standard InChI is InChI=1S/C19H24.2C2H6.CH4/c1-3-15-19(16-4-2,17-11-7-5-8-12-17)18-13-9-6-10-14-18;2*1-2;/h5-14H,3-4,15-16H2,1-2H3;2*1-2H3;1H4. The van der Waals surface area contributed by atoms with Crippen LogP contribution < -0.4 is 0 Å². The average molecular weight is 329 g/mol. The molecule has 0 aliphatic heterocycles. The summed E-state index contributed by atoms with van der Waals surface area (Å²) in [6, 6.07) is 22.0. The van der Waals surface area contributed by atoms with Gasteiger partial charge in [0, 0.05) is 5.41 Å². The van der Waals surface area contributed by atoms with Gasteiger partial charge >= 0.3 is 0 Å². The highest BCUT2D eigenvalue weighted by atomic mass is 14.3. The van der Waals surface area contributed by atoms with Crippen LogP contribution in [0.1, 0.15) is 85.8 Å². The Morgan fingerprint density at radius 2 is 0.875 bits per heavy atom. The van der Waals surface area contributed by atoms with E-state index < -0.39 is 0 Å². The minimum Gasteiger partial charge on any atom is -0.0776 e. The van der Waals surface area contributed by atoms with E-state index in [1.807, 2.05) is 27.7 Å². The quantitative estimate of drug-likeness (QED) is 0.500. The number of hydrogen-bond donors (Lipinski definition) is 0.